The zero-order chi connectivity index (χ0) is 19.6. The van der Waals surface area contributed by atoms with Crippen LogP contribution < -0.4 is 9.64 Å². The molecule has 27 heavy (non-hydrogen) atoms. The van der Waals surface area contributed by atoms with E-state index in [2.05, 4.69) is 0 Å². The van der Waals surface area contributed by atoms with Crippen LogP contribution in [0.15, 0.2) is 18.2 Å². The Morgan fingerprint density at radius 3 is 2.56 bits per heavy atom. The third kappa shape index (κ3) is 4.04. The molecule has 2 amide bonds. The summed E-state index contributed by atoms with van der Waals surface area (Å²) in [6.45, 7) is 4.34. The van der Waals surface area contributed by atoms with Crippen molar-refractivity contribution in [1.82, 2.24) is 4.90 Å². The van der Waals surface area contributed by atoms with Crippen LogP contribution in [-0.2, 0) is 9.59 Å². The summed E-state index contributed by atoms with van der Waals surface area (Å²) in [6.07, 6.45) is 4.21. The van der Waals surface area contributed by atoms with Gasteiger partial charge in [-0.05, 0) is 45.6 Å². The molecule has 0 radical (unpaired) electrons. The number of ether oxygens (including phenoxy) is 1. The van der Waals surface area contributed by atoms with Crippen LogP contribution in [0, 0.1) is 10.1 Å². The van der Waals surface area contributed by atoms with Crippen LogP contribution in [0.25, 0.3) is 0 Å². The third-order valence-corrected chi connectivity index (χ3v) is 5.36. The molecule has 0 bridgehead atoms. The van der Waals surface area contributed by atoms with Crippen LogP contribution in [0.1, 0.15) is 46.0 Å². The summed E-state index contributed by atoms with van der Waals surface area (Å²) in [7, 11) is 0. The van der Waals surface area contributed by atoms with Crippen LogP contribution in [0.4, 0.5) is 11.4 Å². The number of piperidine rings is 1. The zero-order valence-corrected chi connectivity index (χ0v) is 15.7. The van der Waals surface area contributed by atoms with E-state index in [9.17, 15) is 19.7 Å². The van der Waals surface area contributed by atoms with Crippen molar-refractivity contribution in [3.8, 4) is 5.75 Å². The second kappa shape index (κ2) is 7.94. The maximum absolute atomic E-state index is 12.6. The van der Waals surface area contributed by atoms with E-state index in [1.807, 2.05) is 18.7 Å². The third-order valence-electron chi connectivity index (χ3n) is 5.36. The predicted octanol–water partition coefficient (Wildman–Crippen LogP) is 2.89. The molecule has 1 aromatic rings. The highest BCUT2D eigenvalue weighted by molar-refractivity contribution is 5.95. The monoisotopic (exact) mass is 375 g/mol. The van der Waals surface area contributed by atoms with Crippen LogP contribution in [0.5, 0.6) is 5.75 Å². The fourth-order valence-electron chi connectivity index (χ4n) is 3.99. The predicted molar refractivity (Wildman–Crippen MR) is 99.8 cm³/mol. The standard InChI is InChI=1S/C19H25N3O5/c1-13-5-3-6-14(2)21(13)19(24)12-27-17-11-15(8-9-16(17)22(25)26)20-10-4-7-18(20)23/h8-9,11,13-14H,3-7,10,12H2,1-2H3/t13-,14-/m1/s1. The number of hydrogen-bond donors (Lipinski definition) is 0. The number of amides is 2. The molecule has 0 aliphatic carbocycles. The first kappa shape index (κ1) is 19.1. The molecule has 0 N–H and O–H groups in total. The van der Waals surface area contributed by atoms with Gasteiger partial charge in [-0.1, -0.05) is 0 Å². The summed E-state index contributed by atoms with van der Waals surface area (Å²) in [5, 5.41) is 11.3. The minimum absolute atomic E-state index is 0.0122. The highest BCUT2D eigenvalue weighted by Gasteiger charge is 2.30. The van der Waals surface area contributed by atoms with Crippen molar-refractivity contribution in [2.45, 2.75) is 58.0 Å². The van der Waals surface area contributed by atoms with Gasteiger partial charge in [0.1, 0.15) is 0 Å². The number of benzene rings is 1. The number of carbonyl (C=O) groups excluding carboxylic acids is 2. The molecule has 2 fully saturated rings. The first-order chi connectivity index (χ1) is 12.9. The SMILES string of the molecule is C[C@@H]1CCC[C@@H](C)N1C(=O)COc1cc(N2CCCC2=O)ccc1[N+](=O)[O-]. The van der Waals surface area contributed by atoms with Crippen molar-refractivity contribution in [1.29, 1.82) is 0 Å². The van der Waals surface area contributed by atoms with Crippen molar-refractivity contribution in [3.05, 3.63) is 28.3 Å². The fraction of sp³-hybridized carbons (Fsp3) is 0.579. The number of carbonyl (C=O) groups is 2. The van der Waals surface area contributed by atoms with Gasteiger partial charge in [-0.3, -0.25) is 19.7 Å². The van der Waals surface area contributed by atoms with Gasteiger partial charge >= 0.3 is 5.69 Å². The lowest BCUT2D eigenvalue weighted by atomic mass is 9.97. The molecule has 2 heterocycles. The Morgan fingerprint density at radius 2 is 1.96 bits per heavy atom. The highest BCUT2D eigenvalue weighted by atomic mass is 16.6. The topological polar surface area (TPSA) is 93.0 Å². The molecule has 1 aromatic carbocycles. The Kier molecular flexibility index (Phi) is 5.62. The number of hydrogen-bond acceptors (Lipinski definition) is 5. The number of nitro groups is 1. The Balaban J connectivity index is 1.77. The highest BCUT2D eigenvalue weighted by Crippen LogP contribution is 2.33. The minimum Gasteiger partial charge on any atom is -0.477 e. The van der Waals surface area contributed by atoms with E-state index in [1.165, 1.54) is 12.1 Å². The molecule has 3 rings (SSSR count). The Hall–Kier alpha value is -2.64. The van der Waals surface area contributed by atoms with Gasteiger partial charge in [0.2, 0.25) is 5.91 Å². The summed E-state index contributed by atoms with van der Waals surface area (Å²) in [6, 6.07) is 4.62. The molecule has 8 heteroatoms. The number of nitrogens with zero attached hydrogens (tertiary/aromatic N) is 3. The van der Waals surface area contributed by atoms with Crippen molar-refractivity contribution < 1.29 is 19.2 Å². The lowest BCUT2D eigenvalue weighted by Crippen LogP contribution is -2.49. The molecule has 0 aromatic heterocycles. The number of anilines is 1. The van der Waals surface area contributed by atoms with Gasteiger partial charge in [0.25, 0.3) is 5.91 Å². The normalized spacial score (nSPS) is 22.8. The molecule has 8 nitrogen and oxygen atoms in total. The summed E-state index contributed by atoms with van der Waals surface area (Å²) in [5.41, 5.74) is 0.350. The van der Waals surface area contributed by atoms with E-state index in [0.717, 1.165) is 25.7 Å². The van der Waals surface area contributed by atoms with Crippen molar-refractivity contribution in [2.24, 2.45) is 0 Å². The van der Waals surface area contributed by atoms with Gasteiger partial charge in [-0.2, -0.15) is 0 Å². The Bertz CT molecular complexity index is 741. The second-order valence-electron chi connectivity index (χ2n) is 7.28. The van der Waals surface area contributed by atoms with Gasteiger partial charge < -0.3 is 14.5 Å². The summed E-state index contributed by atoms with van der Waals surface area (Å²) < 4.78 is 5.57. The molecule has 2 atom stereocenters. The van der Waals surface area contributed by atoms with Crippen molar-refractivity contribution in [3.63, 3.8) is 0 Å². The smallest absolute Gasteiger partial charge is 0.311 e. The lowest BCUT2D eigenvalue weighted by Gasteiger charge is -2.38. The molecule has 2 saturated heterocycles. The van der Waals surface area contributed by atoms with Crippen LogP contribution in [0.3, 0.4) is 0 Å². The quantitative estimate of drug-likeness (QED) is 0.583. The largest absolute Gasteiger partial charge is 0.477 e. The molecule has 2 aliphatic rings. The van der Waals surface area contributed by atoms with E-state index in [1.54, 1.807) is 11.0 Å². The van der Waals surface area contributed by atoms with Crippen LogP contribution in [-0.4, -0.2) is 46.9 Å². The number of likely N-dealkylation sites (tertiary alicyclic amines) is 1. The molecule has 0 spiro atoms. The first-order valence-corrected chi connectivity index (χ1v) is 9.41. The molecule has 2 aliphatic heterocycles. The van der Waals surface area contributed by atoms with Gasteiger partial charge in [0.15, 0.2) is 12.4 Å². The van der Waals surface area contributed by atoms with Gasteiger partial charge in [-0.15, -0.1) is 0 Å². The van der Waals surface area contributed by atoms with Gasteiger partial charge in [-0.25, -0.2) is 0 Å². The zero-order valence-electron chi connectivity index (χ0n) is 15.7. The lowest BCUT2D eigenvalue weighted by molar-refractivity contribution is -0.385. The molecular weight excluding hydrogens is 350 g/mol. The first-order valence-electron chi connectivity index (χ1n) is 9.41. The molecule has 0 saturated carbocycles. The van der Waals surface area contributed by atoms with Gasteiger partial charge in [0, 0.05) is 42.9 Å². The second-order valence-corrected chi connectivity index (χ2v) is 7.28. The van der Waals surface area contributed by atoms with E-state index in [-0.39, 0.29) is 41.9 Å². The van der Waals surface area contributed by atoms with Gasteiger partial charge in [0.05, 0.1) is 4.92 Å². The van der Waals surface area contributed by atoms with Crippen molar-refractivity contribution >= 4 is 23.2 Å². The fourth-order valence-corrected chi connectivity index (χ4v) is 3.99. The molecule has 0 unspecified atom stereocenters. The summed E-state index contributed by atoms with van der Waals surface area (Å²) >= 11 is 0. The maximum atomic E-state index is 12.6. The summed E-state index contributed by atoms with van der Waals surface area (Å²) in [4.78, 5) is 38.8. The Morgan fingerprint density at radius 1 is 1.26 bits per heavy atom. The average molecular weight is 375 g/mol. The number of rotatable bonds is 5. The summed E-state index contributed by atoms with van der Waals surface area (Å²) in [5.74, 6) is -0.170. The van der Waals surface area contributed by atoms with E-state index in [0.29, 0.717) is 18.7 Å². The van der Waals surface area contributed by atoms with E-state index >= 15 is 0 Å². The van der Waals surface area contributed by atoms with Crippen LogP contribution >= 0.6 is 0 Å². The maximum Gasteiger partial charge on any atom is 0.311 e. The number of nitro benzene ring substituents is 1. The molecule has 146 valence electrons. The minimum atomic E-state index is -0.540. The van der Waals surface area contributed by atoms with Crippen molar-refractivity contribution in [2.75, 3.05) is 18.1 Å². The van der Waals surface area contributed by atoms with E-state index < -0.39 is 4.92 Å². The van der Waals surface area contributed by atoms with E-state index in [4.69, 9.17) is 4.74 Å². The van der Waals surface area contributed by atoms with Crippen LogP contribution in [0.2, 0.25) is 0 Å². The molecular formula is C19H25N3O5. The Labute approximate surface area is 158 Å². The average Bonchev–Trinajstić information content (AvgIpc) is 3.05.